The predicted octanol–water partition coefficient (Wildman–Crippen LogP) is 7.72. The number of carbonyl (C=O) groups is 1. The topological polar surface area (TPSA) is 20.3 Å². The predicted molar refractivity (Wildman–Crippen MR) is 159 cm³/mol. The Labute approximate surface area is 239 Å². The van der Waals surface area contributed by atoms with Gasteiger partial charge in [-0.2, -0.15) is 0 Å². The van der Waals surface area contributed by atoms with Gasteiger partial charge in [0.05, 0.1) is 0 Å². The fourth-order valence-electron chi connectivity index (χ4n) is 5.13. The first kappa shape index (κ1) is 36.2. The zero-order valence-electron chi connectivity index (χ0n) is 25.2. The van der Waals surface area contributed by atoms with E-state index in [1.54, 1.807) is 0 Å². The summed E-state index contributed by atoms with van der Waals surface area (Å²) in [6, 6.07) is 0. The van der Waals surface area contributed by atoms with Gasteiger partial charge in [-0.25, -0.2) is 0 Å². The van der Waals surface area contributed by atoms with Crippen LogP contribution in [0.2, 0.25) is 0 Å². The van der Waals surface area contributed by atoms with E-state index in [0.717, 1.165) is 25.9 Å². The van der Waals surface area contributed by atoms with Crippen molar-refractivity contribution in [1.29, 1.82) is 0 Å². The number of rotatable bonds is 30. The first-order valence-electron chi connectivity index (χ1n) is 16.5. The molecule has 218 valence electrons. The molecule has 0 spiro atoms. The van der Waals surface area contributed by atoms with Crippen LogP contribution in [0.25, 0.3) is 0 Å². The van der Waals surface area contributed by atoms with Crippen molar-refractivity contribution in [3.63, 3.8) is 0 Å². The summed E-state index contributed by atoms with van der Waals surface area (Å²) in [6.07, 6.45) is 34.6. The molecule has 0 heterocycles. The van der Waals surface area contributed by atoms with Crippen LogP contribution in [0.15, 0.2) is 0 Å². The fraction of sp³-hybridized carbons (Fsp3) is 0.970. The van der Waals surface area contributed by atoms with Crippen LogP contribution >= 0.6 is 0 Å². The van der Waals surface area contributed by atoms with Crippen LogP contribution in [0, 0.1) is 0 Å². The molecule has 0 N–H and O–H groups in total. The molecular weight excluding hydrogens is 553 g/mol. The van der Waals surface area contributed by atoms with E-state index < -0.39 is 0 Å². The first-order valence-corrected chi connectivity index (χ1v) is 20.2. The molecule has 1 amide bonds. The molecule has 0 rings (SSSR count). The van der Waals surface area contributed by atoms with Crippen molar-refractivity contribution in [3.05, 3.63) is 0 Å². The monoisotopic (exact) mass is 620 g/mol. The molecule has 0 aromatic carbocycles. The van der Waals surface area contributed by atoms with Gasteiger partial charge in [-0.05, 0) is 0 Å². The summed E-state index contributed by atoms with van der Waals surface area (Å²) >= 11 is 0.470. The van der Waals surface area contributed by atoms with Gasteiger partial charge in [0.15, 0.2) is 0 Å². The Morgan fingerprint density at radius 1 is 0.472 bits per heavy atom. The molecule has 0 saturated carbocycles. The van der Waals surface area contributed by atoms with Gasteiger partial charge in [0, 0.05) is 0 Å². The molecule has 0 bridgehead atoms. The number of unbranched alkanes of at least 4 members (excludes halogenated alkanes) is 22. The number of hydrogen-bond donors (Lipinski definition) is 0. The van der Waals surface area contributed by atoms with Crippen molar-refractivity contribution in [3.8, 4) is 0 Å². The zero-order valence-corrected chi connectivity index (χ0v) is 27.4. The van der Waals surface area contributed by atoms with Crippen molar-refractivity contribution in [1.82, 2.24) is 4.90 Å². The Balaban J connectivity index is 4.03. The van der Waals surface area contributed by atoms with E-state index >= 15 is 0 Å². The molecule has 36 heavy (non-hydrogen) atoms. The summed E-state index contributed by atoms with van der Waals surface area (Å²) in [6.45, 7) is 6.60. The molecule has 0 aliphatic carbocycles. The van der Waals surface area contributed by atoms with E-state index in [2.05, 4.69) is 23.7 Å². The number of amides is 1. The van der Waals surface area contributed by atoms with Gasteiger partial charge in [-0.15, -0.1) is 0 Å². The van der Waals surface area contributed by atoms with E-state index in [1.165, 1.54) is 159 Å². The fourth-order valence-corrected chi connectivity index (χ4v) is 6.44. The standard InChI is InChI=1S/C33H67INO/c1-4-6-8-10-12-14-16-18-23-27-31-35(33(36)29-25-21-20-22-26-30-34-3)32-28-24-19-17-15-13-11-9-7-5-2/h4-32H2,1-3H3/q-1. The molecule has 0 aromatic rings. The molecular formula is C33H67INO-. The summed E-state index contributed by atoms with van der Waals surface area (Å²) in [7, 11) is 0. The van der Waals surface area contributed by atoms with Crippen molar-refractivity contribution in [2.45, 2.75) is 181 Å². The summed E-state index contributed by atoms with van der Waals surface area (Å²) in [4.78, 5) is 17.6. The van der Waals surface area contributed by atoms with Crippen LogP contribution in [-0.2, 0) is 4.79 Å². The summed E-state index contributed by atoms with van der Waals surface area (Å²) in [5.74, 6) is 0.446. The third kappa shape index (κ3) is 27.2. The van der Waals surface area contributed by atoms with Crippen molar-refractivity contribution < 1.29 is 26.0 Å². The average molecular weight is 621 g/mol. The normalized spacial score (nSPS) is 11.4. The first-order chi connectivity index (χ1) is 17.8. The second kappa shape index (κ2) is 31.4. The van der Waals surface area contributed by atoms with Crippen LogP contribution in [0.5, 0.6) is 0 Å². The molecule has 0 aliphatic heterocycles. The van der Waals surface area contributed by atoms with E-state index in [-0.39, 0.29) is 0 Å². The van der Waals surface area contributed by atoms with Crippen LogP contribution in [0.3, 0.4) is 0 Å². The maximum atomic E-state index is 13.0. The number of hydrogen-bond acceptors (Lipinski definition) is 1. The molecule has 2 nitrogen and oxygen atoms in total. The van der Waals surface area contributed by atoms with Gasteiger partial charge >= 0.3 is 123 Å². The van der Waals surface area contributed by atoms with E-state index in [4.69, 9.17) is 0 Å². The zero-order chi connectivity index (χ0) is 26.4. The average Bonchev–Trinajstić information content (AvgIpc) is 2.88. The van der Waals surface area contributed by atoms with Gasteiger partial charge in [-0.1, -0.05) is 117 Å². The van der Waals surface area contributed by atoms with E-state index in [9.17, 15) is 4.79 Å². The summed E-state index contributed by atoms with van der Waals surface area (Å²) in [5, 5.41) is 0. The third-order valence-electron chi connectivity index (χ3n) is 7.63. The van der Waals surface area contributed by atoms with Crippen molar-refractivity contribution >= 4 is 5.91 Å². The molecule has 0 aliphatic rings. The third-order valence-corrected chi connectivity index (χ3v) is 9.47. The van der Waals surface area contributed by atoms with Crippen molar-refractivity contribution in [2.75, 3.05) is 22.4 Å². The summed E-state index contributed by atoms with van der Waals surface area (Å²) < 4.78 is 1.48. The summed E-state index contributed by atoms with van der Waals surface area (Å²) in [5.41, 5.74) is 0. The number of halogens is 1. The van der Waals surface area contributed by atoms with Gasteiger partial charge in [-0.3, -0.25) is 0 Å². The number of nitrogens with zero attached hydrogens (tertiary/aromatic N) is 1. The minimum atomic E-state index is 0.446. The van der Waals surface area contributed by atoms with Crippen LogP contribution in [0.1, 0.15) is 181 Å². The molecule has 0 fully saturated rings. The quantitative estimate of drug-likeness (QED) is 0.0458. The molecule has 0 saturated heterocycles. The Bertz CT molecular complexity index is 404. The number of alkyl halides is 2. The van der Waals surface area contributed by atoms with Gasteiger partial charge in [0.2, 0.25) is 0 Å². The maximum absolute atomic E-state index is 13.0. The number of carbonyl (C=O) groups excluding carboxylic acids is 1. The van der Waals surface area contributed by atoms with E-state index in [1.807, 2.05) is 0 Å². The molecule has 0 radical (unpaired) electrons. The van der Waals surface area contributed by atoms with Crippen LogP contribution in [-0.4, -0.2) is 33.3 Å². The Morgan fingerprint density at radius 2 is 0.806 bits per heavy atom. The van der Waals surface area contributed by atoms with E-state index in [0.29, 0.717) is 27.1 Å². The Morgan fingerprint density at radius 3 is 1.19 bits per heavy atom. The van der Waals surface area contributed by atoms with Gasteiger partial charge in [0.1, 0.15) is 0 Å². The second-order valence-electron chi connectivity index (χ2n) is 11.2. The van der Waals surface area contributed by atoms with Crippen LogP contribution < -0.4 is 21.2 Å². The van der Waals surface area contributed by atoms with Gasteiger partial charge < -0.3 is 0 Å². The minimum absolute atomic E-state index is 0.446. The SMILES string of the molecule is CCCCCCCCCCCCN(CCCCCCCCCCCC)C(=O)CCCCCCC[I-]C. The Hall–Kier alpha value is 0.200. The molecule has 3 heteroatoms. The van der Waals surface area contributed by atoms with Crippen molar-refractivity contribution in [2.24, 2.45) is 0 Å². The molecule has 0 atom stereocenters. The van der Waals surface area contributed by atoms with Crippen LogP contribution in [0.4, 0.5) is 0 Å². The Kier molecular flexibility index (Phi) is 31.6. The van der Waals surface area contributed by atoms with Gasteiger partial charge in [0.25, 0.3) is 0 Å². The molecule has 0 aromatic heterocycles. The molecule has 0 unspecified atom stereocenters. The second-order valence-corrected chi connectivity index (χ2v) is 13.8.